The van der Waals surface area contributed by atoms with Gasteiger partial charge in [-0.15, -0.1) is 0 Å². The number of hydrogen-bond donors (Lipinski definition) is 1. The number of aromatic nitrogens is 3. The molecule has 1 atom stereocenters. The zero-order chi connectivity index (χ0) is 17.8. The molecule has 3 heterocycles. The van der Waals surface area contributed by atoms with Crippen molar-refractivity contribution in [3.05, 3.63) is 42.0 Å². The first kappa shape index (κ1) is 17.3. The van der Waals surface area contributed by atoms with Gasteiger partial charge in [-0.05, 0) is 32.9 Å². The van der Waals surface area contributed by atoms with E-state index in [0.717, 1.165) is 43.4 Å². The van der Waals surface area contributed by atoms with E-state index in [-0.39, 0.29) is 11.9 Å². The monoisotopic (exact) mass is 340 g/mol. The molecule has 7 heteroatoms. The van der Waals surface area contributed by atoms with Gasteiger partial charge < -0.3 is 10.2 Å². The van der Waals surface area contributed by atoms with Crippen molar-refractivity contribution in [1.82, 2.24) is 19.9 Å². The van der Waals surface area contributed by atoms with Crippen LogP contribution in [-0.2, 0) is 4.79 Å². The van der Waals surface area contributed by atoms with E-state index in [4.69, 9.17) is 0 Å². The molecule has 0 saturated carbocycles. The maximum absolute atomic E-state index is 12.4. The second-order valence-electron chi connectivity index (χ2n) is 6.32. The lowest BCUT2D eigenvalue weighted by molar-refractivity contribution is -0.120. The molecular formula is C18H24N6O. The minimum atomic E-state index is -0.200. The van der Waals surface area contributed by atoms with Gasteiger partial charge in [0.2, 0.25) is 5.91 Å². The van der Waals surface area contributed by atoms with Crippen LogP contribution in [0, 0.1) is 13.8 Å². The quantitative estimate of drug-likeness (QED) is 0.912. The zero-order valence-corrected chi connectivity index (χ0v) is 14.9. The van der Waals surface area contributed by atoms with Crippen molar-refractivity contribution in [2.45, 2.75) is 26.8 Å². The van der Waals surface area contributed by atoms with Crippen LogP contribution in [0.4, 0.5) is 11.6 Å². The summed E-state index contributed by atoms with van der Waals surface area (Å²) in [6, 6.07) is 5.28. The first-order valence-corrected chi connectivity index (χ1v) is 8.56. The van der Waals surface area contributed by atoms with E-state index in [0.29, 0.717) is 5.82 Å². The summed E-state index contributed by atoms with van der Waals surface area (Å²) < 4.78 is 0. The molecule has 0 bridgehead atoms. The van der Waals surface area contributed by atoms with Crippen molar-refractivity contribution < 1.29 is 4.79 Å². The largest absolute Gasteiger partial charge is 0.353 e. The van der Waals surface area contributed by atoms with Gasteiger partial charge in [0.25, 0.3) is 0 Å². The summed E-state index contributed by atoms with van der Waals surface area (Å²) in [4.78, 5) is 30.0. The van der Waals surface area contributed by atoms with Crippen molar-refractivity contribution in [3.8, 4) is 0 Å². The van der Waals surface area contributed by atoms with Crippen LogP contribution in [0.1, 0.15) is 18.3 Å². The molecule has 1 aliphatic heterocycles. The van der Waals surface area contributed by atoms with Crippen LogP contribution in [0.5, 0.6) is 0 Å². The van der Waals surface area contributed by atoms with Gasteiger partial charge in [0.1, 0.15) is 11.6 Å². The number of nitrogens with zero attached hydrogens (tertiary/aromatic N) is 5. The number of anilines is 2. The Labute approximate surface area is 148 Å². The van der Waals surface area contributed by atoms with Gasteiger partial charge in [-0.25, -0.2) is 9.97 Å². The van der Waals surface area contributed by atoms with Crippen molar-refractivity contribution in [1.29, 1.82) is 0 Å². The first-order valence-electron chi connectivity index (χ1n) is 8.56. The van der Waals surface area contributed by atoms with Gasteiger partial charge in [0, 0.05) is 38.6 Å². The van der Waals surface area contributed by atoms with Gasteiger partial charge in [-0.2, -0.15) is 0 Å². The molecule has 1 aliphatic rings. The summed E-state index contributed by atoms with van der Waals surface area (Å²) in [6.45, 7) is 9.16. The Kier molecular flexibility index (Phi) is 5.23. The molecule has 1 fully saturated rings. The molecular weight excluding hydrogens is 316 g/mol. The molecule has 132 valence electrons. The molecule has 3 rings (SSSR count). The molecule has 0 aromatic carbocycles. The summed E-state index contributed by atoms with van der Waals surface area (Å²) in [6.07, 6.45) is 3.46. The molecule has 0 spiro atoms. The zero-order valence-electron chi connectivity index (χ0n) is 14.9. The minimum Gasteiger partial charge on any atom is -0.353 e. The summed E-state index contributed by atoms with van der Waals surface area (Å²) in [5.74, 6) is 1.51. The number of carbonyl (C=O) groups excluding carboxylic acids is 1. The van der Waals surface area contributed by atoms with Gasteiger partial charge in [0.15, 0.2) is 0 Å². The molecule has 0 unspecified atom stereocenters. The number of hydrogen-bond acceptors (Lipinski definition) is 6. The molecule has 2 aromatic heterocycles. The number of piperazine rings is 1. The second kappa shape index (κ2) is 7.57. The average molecular weight is 340 g/mol. The summed E-state index contributed by atoms with van der Waals surface area (Å²) >= 11 is 0. The van der Waals surface area contributed by atoms with Crippen molar-refractivity contribution in [3.63, 3.8) is 0 Å². The van der Waals surface area contributed by atoms with E-state index in [2.05, 4.69) is 30.1 Å². The van der Waals surface area contributed by atoms with Crippen LogP contribution in [0.2, 0.25) is 0 Å². The van der Waals surface area contributed by atoms with Crippen LogP contribution in [0.3, 0.4) is 0 Å². The lowest BCUT2D eigenvalue weighted by Crippen LogP contribution is -2.53. The van der Waals surface area contributed by atoms with Crippen molar-refractivity contribution in [2.24, 2.45) is 0 Å². The Bertz CT molecular complexity index is 728. The highest BCUT2D eigenvalue weighted by Gasteiger charge is 2.27. The Balaban J connectivity index is 1.58. The summed E-state index contributed by atoms with van der Waals surface area (Å²) in [5, 5.41) is 2.87. The molecule has 7 nitrogen and oxygen atoms in total. The maximum atomic E-state index is 12.4. The molecule has 0 aliphatic carbocycles. The molecule has 1 saturated heterocycles. The summed E-state index contributed by atoms with van der Waals surface area (Å²) in [7, 11) is 0. The fourth-order valence-electron chi connectivity index (χ4n) is 2.98. The third-order valence-corrected chi connectivity index (χ3v) is 4.51. The number of carbonyl (C=O) groups is 1. The molecule has 1 amide bonds. The SMILES string of the molecule is Cc1cnc(C)c(N2CCN([C@@H](C)C(=O)Nc3ccccn3)CC2)n1. The van der Waals surface area contributed by atoms with Gasteiger partial charge in [-0.3, -0.25) is 14.7 Å². The molecule has 0 radical (unpaired) electrons. The Morgan fingerprint density at radius 2 is 1.92 bits per heavy atom. The summed E-state index contributed by atoms with van der Waals surface area (Å²) in [5.41, 5.74) is 1.87. The minimum absolute atomic E-state index is 0.0290. The Morgan fingerprint density at radius 1 is 1.16 bits per heavy atom. The van der Waals surface area contributed by atoms with Crippen molar-refractivity contribution in [2.75, 3.05) is 36.4 Å². The highest BCUT2D eigenvalue weighted by atomic mass is 16.2. The third kappa shape index (κ3) is 4.11. The lowest BCUT2D eigenvalue weighted by Gasteiger charge is -2.38. The molecule has 2 aromatic rings. The smallest absolute Gasteiger partial charge is 0.242 e. The molecule has 25 heavy (non-hydrogen) atoms. The van der Waals surface area contributed by atoms with Crippen LogP contribution in [0.25, 0.3) is 0 Å². The van der Waals surface area contributed by atoms with Crippen molar-refractivity contribution >= 4 is 17.5 Å². The average Bonchev–Trinajstić information content (AvgIpc) is 2.64. The second-order valence-corrected chi connectivity index (χ2v) is 6.32. The Hall–Kier alpha value is -2.54. The normalized spacial score (nSPS) is 16.5. The van der Waals surface area contributed by atoms with E-state index in [1.165, 1.54) is 0 Å². The van der Waals surface area contributed by atoms with E-state index in [1.54, 1.807) is 18.5 Å². The Morgan fingerprint density at radius 3 is 2.60 bits per heavy atom. The lowest BCUT2D eigenvalue weighted by atomic mass is 10.2. The standard InChI is InChI=1S/C18H24N6O/c1-13-12-20-14(2)17(21-13)24-10-8-23(9-11-24)15(3)18(25)22-16-6-4-5-7-19-16/h4-7,12,15H,8-11H2,1-3H3,(H,19,22,25)/t15-/m0/s1. The van der Waals surface area contributed by atoms with E-state index in [1.807, 2.05) is 32.9 Å². The van der Waals surface area contributed by atoms with Gasteiger partial charge in [0.05, 0.1) is 17.4 Å². The van der Waals surface area contributed by atoms with Crippen LogP contribution >= 0.6 is 0 Å². The number of pyridine rings is 1. The topological polar surface area (TPSA) is 74.2 Å². The number of nitrogens with one attached hydrogen (secondary N) is 1. The van der Waals surface area contributed by atoms with Crippen LogP contribution < -0.4 is 10.2 Å². The van der Waals surface area contributed by atoms with Crippen LogP contribution in [0.15, 0.2) is 30.6 Å². The predicted octanol–water partition coefficient (Wildman–Crippen LogP) is 1.64. The van der Waals surface area contributed by atoms with Gasteiger partial charge >= 0.3 is 0 Å². The first-order chi connectivity index (χ1) is 12.0. The number of rotatable bonds is 4. The molecule has 1 N–H and O–H groups in total. The van der Waals surface area contributed by atoms with Crippen LogP contribution in [-0.4, -0.2) is 58.0 Å². The predicted molar refractivity (Wildman–Crippen MR) is 97.6 cm³/mol. The fraction of sp³-hybridized carbons (Fsp3) is 0.444. The van der Waals surface area contributed by atoms with E-state index < -0.39 is 0 Å². The highest BCUT2D eigenvalue weighted by molar-refractivity contribution is 5.93. The van der Waals surface area contributed by atoms with Gasteiger partial charge in [-0.1, -0.05) is 6.07 Å². The highest BCUT2D eigenvalue weighted by Crippen LogP contribution is 2.18. The maximum Gasteiger partial charge on any atom is 0.242 e. The van der Waals surface area contributed by atoms with E-state index >= 15 is 0 Å². The number of amides is 1. The van der Waals surface area contributed by atoms with E-state index in [9.17, 15) is 4.79 Å². The fourth-order valence-corrected chi connectivity index (χ4v) is 2.98. The number of aryl methyl sites for hydroxylation is 2. The third-order valence-electron chi connectivity index (χ3n) is 4.51.